The van der Waals surface area contributed by atoms with E-state index in [2.05, 4.69) is 31.2 Å². The molecule has 1 fully saturated rings. The highest BCUT2D eigenvalue weighted by atomic mass is 16.5. The van der Waals surface area contributed by atoms with Crippen LogP contribution in [0.25, 0.3) is 11.1 Å². The van der Waals surface area contributed by atoms with Gasteiger partial charge in [-0.15, -0.1) is 0 Å². The average Bonchev–Trinajstić information content (AvgIpc) is 2.85. The van der Waals surface area contributed by atoms with E-state index in [1.807, 2.05) is 31.2 Å². The van der Waals surface area contributed by atoms with Gasteiger partial charge in [-0.05, 0) is 67.3 Å². The number of carbonyl (C=O) groups is 1. The fourth-order valence-corrected chi connectivity index (χ4v) is 4.55. The Bertz CT molecular complexity index is 833. The maximum Gasteiger partial charge on any atom is 0.308 e. The van der Waals surface area contributed by atoms with Crippen LogP contribution in [0.1, 0.15) is 83.6 Å². The zero-order valence-electron chi connectivity index (χ0n) is 20.4. The van der Waals surface area contributed by atoms with E-state index in [9.17, 15) is 9.90 Å². The minimum Gasteiger partial charge on any atom is -0.494 e. The first-order valence-corrected chi connectivity index (χ1v) is 12.8. The van der Waals surface area contributed by atoms with Crippen LogP contribution in [0.3, 0.4) is 0 Å². The normalized spacial score (nSPS) is 20.4. The first kappa shape index (κ1) is 25.3. The molecule has 0 heterocycles. The van der Waals surface area contributed by atoms with E-state index in [4.69, 9.17) is 9.47 Å². The molecule has 0 radical (unpaired) electrons. The van der Waals surface area contributed by atoms with Crippen LogP contribution in [0.15, 0.2) is 48.5 Å². The fraction of sp³-hybridized carbons (Fsp3) is 0.552. The Morgan fingerprint density at radius 1 is 0.848 bits per heavy atom. The van der Waals surface area contributed by atoms with Gasteiger partial charge in [-0.2, -0.15) is 0 Å². The van der Waals surface area contributed by atoms with Crippen molar-refractivity contribution in [1.29, 1.82) is 0 Å². The van der Waals surface area contributed by atoms with Crippen molar-refractivity contribution in [2.45, 2.75) is 83.7 Å². The number of unbranched alkanes of at least 4 members (excludes halogenated alkanes) is 4. The van der Waals surface area contributed by atoms with Crippen molar-refractivity contribution in [1.82, 2.24) is 0 Å². The van der Waals surface area contributed by atoms with Crippen LogP contribution in [-0.2, 0) is 15.1 Å². The van der Waals surface area contributed by atoms with Crippen molar-refractivity contribution in [3.05, 3.63) is 54.1 Å². The van der Waals surface area contributed by atoms with Gasteiger partial charge in [-0.1, -0.05) is 75.9 Å². The molecule has 4 nitrogen and oxygen atoms in total. The van der Waals surface area contributed by atoms with E-state index in [1.165, 1.54) is 25.7 Å². The molecule has 4 heteroatoms. The van der Waals surface area contributed by atoms with Gasteiger partial charge in [-0.25, -0.2) is 0 Å². The van der Waals surface area contributed by atoms with Gasteiger partial charge in [0.25, 0.3) is 0 Å². The molecular weight excluding hydrogens is 412 g/mol. The molecule has 1 aliphatic rings. The molecule has 1 aliphatic carbocycles. The molecule has 0 aliphatic heterocycles. The molecule has 0 spiro atoms. The Labute approximate surface area is 199 Å². The number of carbonyl (C=O) groups excluding carboxylic acids is 1. The van der Waals surface area contributed by atoms with Gasteiger partial charge >= 0.3 is 5.97 Å². The van der Waals surface area contributed by atoms with Gasteiger partial charge in [0.2, 0.25) is 0 Å². The lowest BCUT2D eigenvalue weighted by Gasteiger charge is -2.35. The third-order valence-electron chi connectivity index (χ3n) is 6.72. The number of rotatable bonds is 12. The Kier molecular flexibility index (Phi) is 9.80. The highest BCUT2D eigenvalue weighted by Crippen LogP contribution is 2.40. The van der Waals surface area contributed by atoms with E-state index in [0.29, 0.717) is 32.3 Å². The summed E-state index contributed by atoms with van der Waals surface area (Å²) in [5.41, 5.74) is 2.31. The summed E-state index contributed by atoms with van der Waals surface area (Å²) in [5.74, 6) is 0.709. The number of ether oxygens (including phenoxy) is 2. The second-order valence-electron chi connectivity index (χ2n) is 9.34. The fourth-order valence-electron chi connectivity index (χ4n) is 4.55. The number of hydrogen-bond donors (Lipinski definition) is 1. The van der Waals surface area contributed by atoms with Gasteiger partial charge in [0, 0.05) is 0 Å². The maximum atomic E-state index is 12.1. The van der Waals surface area contributed by atoms with Crippen molar-refractivity contribution < 1.29 is 19.4 Å². The zero-order valence-corrected chi connectivity index (χ0v) is 20.4. The van der Waals surface area contributed by atoms with Crippen LogP contribution >= 0.6 is 0 Å². The third kappa shape index (κ3) is 7.33. The zero-order chi connectivity index (χ0) is 23.5. The first-order chi connectivity index (χ1) is 16.1. The largest absolute Gasteiger partial charge is 0.494 e. The number of aliphatic hydroxyl groups is 1. The summed E-state index contributed by atoms with van der Waals surface area (Å²) < 4.78 is 11.2. The Morgan fingerprint density at radius 3 is 2.06 bits per heavy atom. The lowest BCUT2D eigenvalue weighted by atomic mass is 9.75. The lowest BCUT2D eigenvalue weighted by Crippen LogP contribution is -2.34. The summed E-state index contributed by atoms with van der Waals surface area (Å²) in [5, 5.41) is 11.2. The molecule has 33 heavy (non-hydrogen) atoms. The molecule has 3 rings (SSSR count). The van der Waals surface area contributed by atoms with Crippen LogP contribution in [0, 0.1) is 5.92 Å². The van der Waals surface area contributed by atoms with E-state index >= 15 is 0 Å². The van der Waals surface area contributed by atoms with Crippen LogP contribution in [0.2, 0.25) is 0 Å². The molecule has 0 saturated heterocycles. The predicted octanol–water partition coefficient (Wildman–Crippen LogP) is 7.03. The van der Waals surface area contributed by atoms with Crippen LogP contribution in [-0.4, -0.2) is 24.3 Å². The molecule has 0 amide bonds. The molecule has 2 aromatic carbocycles. The molecule has 1 saturated carbocycles. The van der Waals surface area contributed by atoms with Crippen LogP contribution < -0.4 is 4.74 Å². The van der Waals surface area contributed by atoms with Gasteiger partial charge < -0.3 is 14.6 Å². The van der Waals surface area contributed by atoms with Crippen LogP contribution in [0.4, 0.5) is 0 Å². The first-order valence-electron chi connectivity index (χ1n) is 12.8. The number of esters is 1. The van der Waals surface area contributed by atoms with Crippen LogP contribution in [0.5, 0.6) is 5.75 Å². The Morgan fingerprint density at radius 2 is 1.45 bits per heavy atom. The Balaban J connectivity index is 1.51. The van der Waals surface area contributed by atoms with E-state index in [0.717, 1.165) is 41.9 Å². The summed E-state index contributed by atoms with van der Waals surface area (Å²) >= 11 is 0. The summed E-state index contributed by atoms with van der Waals surface area (Å²) in [6, 6.07) is 16.4. The third-order valence-corrected chi connectivity index (χ3v) is 6.72. The quantitative estimate of drug-likeness (QED) is 0.277. The predicted molar refractivity (Wildman–Crippen MR) is 133 cm³/mol. The summed E-state index contributed by atoms with van der Waals surface area (Å²) in [7, 11) is 0. The average molecular weight is 453 g/mol. The SMILES string of the molecule is CCCCCCCOc1ccc(-c2ccc(C3(O)CCC(C(=O)OCCC)CC3)cc2)cc1. The smallest absolute Gasteiger partial charge is 0.308 e. The molecule has 180 valence electrons. The second-order valence-corrected chi connectivity index (χ2v) is 9.34. The summed E-state index contributed by atoms with van der Waals surface area (Å²) in [6.45, 7) is 5.48. The summed E-state index contributed by atoms with van der Waals surface area (Å²) in [4.78, 5) is 12.1. The molecule has 0 bridgehead atoms. The second kappa shape index (κ2) is 12.8. The van der Waals surface area contributed by atoms with Crippen molar-refractivity contribution in [3.63, 3.8) is 0 Å². The molecular formula is C29H40O4. The highest BCUT2D eigenvalue weighted by Gasteiger charge is 2.37. The van der Waals surface area contributed by atoms with Crippen molar-refractivity contribution in [2.75, 3.05) is 13.2 Å². The minimum atomic E-state index is -0.866. The number of benzene rings is 2. The van der Waals surface area contributed by atoms with E-state index in [-0.39, 0.29) is 11.9 Å². The maximum absolute atomic E-state index is 12.1. The Hall–Kier alpha value is -2.33. The lowest BCUT2D eigenvalue weighted by molar-refractivity contribution is -0.151. The highest BCUT2D eigenvalue weighted by molar-refractivity contribution is 5.72. The summed E-state index contributed by atoms with van der Waals surface area (Å²) in [6.07, 6.45) is 9.53. The van der Waals surface area contributed by atoms with Gasteiger partial charge in [-0.3, -0.25) is 4.79 Å². The molecule has 0 aromatic heterocycles. The van der Waals surface area contributed by atoms with Crippen molar-refractivity contribution in [2.24, 2.45) is 5.92 Å². The van der Waals surface area contributed by atoms with Crippen molar-refractivity contribution in [3.8, 4) is 16.9 Å². The topological polar surface area (TPSA) is 55.8 Å². The monoisotopic (exact) mass is 452 g/mol. The van der Waals surface area contributed by atoms with Gasteiger partial charge in [0.1, 0.15) is 5.75 Å². The van der Waals surface area contributed by atoms with Crippen molar-refractivity contribution >= 4 is 5.97 Å². The van der Waals surface area contributed by atoms with E-state index in [1.54, 1.807) is 0 Å². The van der Waals surface area contributed by atoms with Gasteiger partial charge in [0.15, 0.2) is 0 Å². The molecule has 0 unspecified atom stereocenters. The number of hydrogen-bond acceptors (Lipinski definition) is 4. The standard InChI is InChI=1S/C29H40O4/c1-3-5-6-7-8-22-32-27-15-11-24(12-16-27)23-9-13-26(14-10-23)29(31)19-17-25(18-20-29)28(30)33-21-4-2/h9-16,25,31H,3-8,17-22H2,1-2H3. The molecule has 2 aromatic rings. The van der Waals surface area contributed by atoms with E-state index < -0.39 is 5.60 Å². The minimum absolute atomic E-state index is 0.0897. The molecule has 1 N–H and O–H groups in total. The molecule has 0 atom stereocenters. The van der Waals surface area contributed by atoms with Gasteiger partial charge in [0.05, 0.1) is 24.7 Å².